The topological polar surface area (TPSA) is 60.7 Å². The third-order valence-corrected chi connectivity index (χ3v) is 3.88. The van der Waals surface area contributed by atoms with Gasteiger partial charge in [-0.25, -0.2) is 4.79 Å². The average molecular weight is 261 g/mol. The van der Waals surface area contributed by atoms with Crippen LogP contribution in [0.5, 0.6) is 0 Å². The molecule has 0 saturated carbocycles. The molecule has 1 unspecified atom stereocenters. The van der Waals surface area contributed by atoms with Gasteiger partial charge in [0, 0.05) is 12.6 Å². The van der Waals surface area contributed by atoms with Crippen LogP contribution in [0.15, 0.2) is 23.0 Å². The predicted molar refractivity (Wildman–Crippen MR) is 79.4 cm³/mol. The Kier molecular flexibility index (Phi) is 3.80. The van der Waals surface area contributed by atoms with Crippen LogP contribution in [-0.2, 0) is 0 Å². The van der Waals surface area contributed by atoms with E-state index in [1.54, 1.807) is 0 Å². The second-order valence-corrected chi connectivity index (χ2v) is 6.00. The van der Waals surface area contributed by atoms with Crippen molar-refractivity contribution in [3.63, 3.8) is 0 Å². The number of aromatic nitrogens is 2. The molecule has 2 rings (SSSR count). The molecule has 4 nitrogen and oxygen atoms in total. The predicted octanol–water partition coefficient (Wildman–Crippen LogP) is 2.94. The van der Waals surface area contributed by atoms with Crippen LogP contribution < -0.4 is 11.0 Å². The van der Waals surface area contributed by atoms with Crippen LogP contribution in [0.25, 0.3) is 11.0 Å². The van der Waals surface area contributed by atoms with Gasteiger partial charge < -0.3 is 15.3 Å². The summed E-state index contributed by atoms with van der Waals surface area (Å²) in [7, 11) is 0. The van der Waals surface area contributed by atoms with Crippen molar-refractivity contribution in [2.75, 3.05) is 6.54 Å². The van der Waals surface area contributed by atoms with Crippen LogP contribution in [-0.4, -0.2) is 16.5 Å². The minimum Gasteiger partial charge on any atom is -0.310 e. The fourth-order valence-electron chi connectivity index (χ4n) is 1.99. The smallest absolute Gasteiger partial charge is 0.310 e. The van der Waals surface area contributed by atoms with Gasteiger partial charge in [-0.1, -0.05) is 26.8 Å². The second-order valence-electron chi connectivity index (χ2n) is 6.00. The standard InChI is InChI=1S/C15H23N3O/c1-5-15(3,4)9-16-10(2)11-6-7-12-13(8-11)18-14(19)17-12/h6-8,10,16H,5,9H2,1-4H3,(H2,17,18,19). The third kappa shape index (κ3) is 3.26. The van der Waals surface area contributed by atoms with E-state index in [-0.39, 0.29) is 11.7 Å². The largest absolute Gasteiger partial charge is 0.323 e. The maximum Gasteiger partial charge on any atom is 0.323 e. The maximum atomic E-state index is 11.2. The summed E-state index contributed by atoms with van der Waals surface area (Å²) in [4.78, 5) is 16.8. The second kappa shape index (κ2) is 5.21. The van der Waals surface area contributed by atoms with Crippen LogP contribution in [0, 0.1) is 5.41 Å². The van der Waals surface area contributed by atoms with Crippen molar-refractivity contribution in [3.05, 3.63) is 34.2 Å². The average Bonchev–Trinajstić information content (AvgIpc) is 2.75. The highest BCUT2D eigenvalue weighted by Crippen LogP contribution is 2.21. The number of fused-ring (bicyclic) bond motifs is 1. The van der Waals surface area contributed by atoms with E-state index in [0.717, 1.165) is 24.0 Å². The Bertz CT molecular complexity index is 609. The molecule has 0 aliphatic rings. The molecule has 1 aromatic heterocycles. The fourth-order valence-corrected chi connectivity index (χ4v) is 1.99. The minimum absolute atomic E-state index is 0.153. The van der Waals surface area contributed by atoms with Crippen molar-refractivity contribution in [2.24, 2.45) is 5.41 Å². The quantitative estimate of drug-likeness (QED) is 0.775. The lowest BCUT2D eigenvalue weighted by Gasteiger charge is -2.26. The van der Waals surface area contributed by atoms with Crippen LogP contribution >= 0.6 is 0 Å². The number of aromatic amines is 2. The Hall–Kier alpha value is -1.55. The van der Waals surface area contributed by atoms with Crippen LogP contribution in [0.3, 0.4) is 0 Å². The molecular weight excluding hydrogens is 238 g/mol. The molecule has 1 aromatic carbocycles. The van der Waals surface area contributed by atoms with E-state index in [9.17, 15) is 4.79 Å². The maximum absolute atomic E-state index is 11.2. The lowest BCUT2D eigenvalue weighted by Crippen LogP contribution is -2.30. The van der Waals surface area contributed by atoms with E-state index in [4.69, 9.17) is 0 Å². The number of hydrogen-bond donors (Lipinski definition) is 3. The summed E-state index contributed by atoms with van der Waals surface area (Å²) >= 11 is 0. The number of nitrogens with one attached hydrogen (secondary N) is 3. The van der Waals surface area contributed by atoms with E-state index in [2.05, 4.69) is 49.0 Å². The molecule has 0 spiro atoms. The zero-order chi connectivity index (χ0) is 14.0. The first kappa shape index (κ1) is 13.9. The van der Waals surface area contributed by atoms with E-state index in [1.807, 2.05) is 12.1 Å². The molecule has 1 atom stereocenters. The number of rotatable bonds is 5. The van der Waals surface area contributed by atoms with Gasteiger partial charge in [0.2, 0.25) is 0 Å². The molecule has 3 N–H and O–H groups in total. The normalized spacial score (nSPS) is 13.9. The highest BCUT2D eigenvalue weighted by Gasteiger charge is 2.16. The molecule has 0 radical (unpaired) electrons. The van der Waals surface area contributed by atoms with Gasteiger partial charge in [0.1, 0.15) is 0 Å². The Balaban J connectivity index is 2.12. The summed E-state index contributed by atoms with van der Waals surface area (Å²) in [6, 6.07) is 6.31. The van der Waals surface area contributed by atoms with Gasteiger partial charge in [-0.05, 0) is 36.5 Å². The molecule has 4 heteroatoms. The molecule has 0 fully saturated rings. The Morgan fingerprint density at radius 2 is 1.95 bits per heavy atom. The fraction of sp³-hybridized carbons (Fsp3) is 0.533. The SMILES string of the molecule is CCC(C)(C)CNC(C)c1ccc2[nH]c(=O)[nH]c2c1. The van der Waals surface area contributed by atoms with Crippen molar-refractivity contribution in [2.45, 2.75) is 40.2 Å². The molecule has 0 amide bonds. The Labute approximate surface area is 113 Å². The van der Waals surface area contributed by atoms with Crippen molar-refractivity contribution in [3.8, 4) is 0 Å². The van der Waals surface area contributed by atoms with E-state index in [1.165, 1.54) is 5.56 Å². The molecule has 0 saturated heterocycles. The zero-order valence-corrected chi connectivity index (χ0v) is 12.1. The summed E-state index contributed by atoms with van der Waals surface area (Å²) in [5.41, 5.74) is 3.07. The molecule has 19 heavy (non-hydrogen) atoms. The minimum atomic E-state index is -0.153. The molecule has 0 aliphatic heterocycles. The zero-order valence-electron chi connectivity index (χ0n) is 12.1. The Morgan fingerprint density at radius 3 is 2.63 bits per heavy atom. The van der Waals surface area contributed by atoms with Crippen LogP contribution in [0.2, 0.25) is 0 Å². The van der Waals surface area contributed by atoms with Crippen molar-refractivity contribution >= 4 is 11.0 Å². The van der Waals surface area contributed by atoms with Gasteiger partial charge in [-0.3, -0.25) is 0 Å². The number of H-pyrrole nitrogens is 2. The lowest BCUT2D eigenvalue weighted by molar-refractivity contribution is 0.314. The van der Waals surface area contributed by atoms with E-state index >= 15 is 0 Å². The first-order valence-corrected chi connectivity index (χ1v) is 6.86. The van der Waals surface area contributed by atoms with Gasteiger partial charge in [-0.2, -0.15) is 0 Å². The monoisotopic (exact) mass is 261 g/mol. The highest BCUT2D eigenvalue weighted by molar-refractivity contribution is 5.75. The van der Waals surface area contributed by atoms with Gasteiger partial charge in [0.05, 0.1) is 11.0 Å². The third-order valence-electron chi connectivity index (χ3n) is 3.88. The van der Waals surface area contributed by atoms with Crippen molar-refractivity contribution in [1.82, 2.24) is 15.3 Å². The molecule has 0 bridgehead atoms. The molecule has 0 aliphatic carbocycles. The van der Waals surface area contributed by atoms with Gasteiger partial charge in [0.15, 0.2) is 0 Å². The van der Waals surface area contributed by atoms with Crippen molar-refractivity contribution < 1.29 is 0 Å². The summed E-state index contributed by atoms with van der Waals surface area (Å²) in [6.45, 7) is 9.87. The summed E-state index contributed by atoms with van der Waals surface area (Å²) in [6.07, 6.45) is 1.15. The van der Waals surface area contributed by atoms with E-state index in [0.29, 0.717) is 5.41 Å². The summed E-state index contributed by atoms with van der Waals surface area (Å²) < 4.78 is 0. The summed E-state index contributed by atoms with van der Waals surface area (Å²) in [5.74, 6) is 0. The van der Waals surface area contributed by atoms with E-state index < -0.39 is 0 Å². The van der Waals surface area contributed by atoms with Gasteiger partial charge >= 0.3 is 5.69 Å². The van der Waals surface area contributed by atoms with Crippen molar-refractivity contribution in [1.29, 1.82) is 0 Å². The summed E-state index contributed by atoms with van der Waals surface area (Å²) in [5, 5.41) is 3.56. The number of hydrogen-bond acceptors (Lipinski definition) is 2. The van der Waals surface area contributed by atoms with Gasteiger partial charge in [0.25, 0.3) is 0 Å². The lowest BCUT2D eigenvalue weighted by atomic mass is 9.90. The first-order valence-electron chi connectivity index (χ1n) is 6.86. The first-order chi connectivity index (χ1) is 8.91. The number of benzene rings is 1. The number of imidazole rings is 1. The van der Waals surface area contributed by atoms with Crippen LogP contribution in [0.4, 0.5) is 0 Å². The molecular formula is C15H23N3O. The molecule has 2 aromatic rings. The molecule has 104 valence electrons. The van der Waals surface area contributed by atoms with Gasteiger partial charge in [-0.15, -0.1) is 0 Å². The Morgan fingerprint density at radius 1 is 1.26 bits per heavy atom. The highest BCUT2D eigenvalue weighted by atomic mass is 16.1. The molecule has 1 heterocycles. The van der Waals surface area contributed by atoms with Crippen LogP contribution in [0.1, 0.15) is 45.7 Å².